The van der Waals surface area contributed by atoms with Crippen LogP contribution in [0.15, 0.2) is 24.5 Å². The van der Waals surface area contributed by atoms with Crippen LogP contribution >= 0.6 is 11.6 Å². The predicted octanol–water partition coefficient (Wildman–Crippen LogP) is 4.17. The number of alkyl carbamates (subject to hydrolysis) is 1. The first kappa shape index (κ1) is 41.8. The molecule has 5 fully saturated rings. The highest BCUT2D eigenvalue weighted by Crippen LogP contribution is 2.52. The van der Waals surface area contributed by atoms with Crippen molar-refractivity contribution in [1.29, 1.82) is 0 Å². The fourth-order valence-corrected chi connectivity index (χ4v) is 9.18. The number of aromatic amines is 1. The Bertz CT molecular complexity index is 2080. The monoisotopic (exact) mass is 852 g/mol. The van der Waals surface area contributed by atoms with E-state index in [1.807, 2.05) is 27.7 Å². The average Bonchev–Trinajstić information content (AvgIpc) is 3.85. The Morgan fingerprint density at radius 3 is 2.52 bits per heavy atom. The van der Waals surface area contributed by atoms with Crippen LogP contribution in [0.1, 0.15) is 66.2 Å². The molecule has 2 aromatic heterocycles. The SMILES string of the molecule is CC[C@@H]1C[C@]1(NC(=O)[C@@H]1C[C@@H](Oc2cc(Oc3ncn[nH]3)nc3c(Cl)c(OCCN4CCOCC4)ccc23)CN1C(=O)[C@@H](NC(=O)OC1C[C@@H]2C[C@@H]2C1)C(C)(C)C)C(=O)O. The fourth-order valence-electron chi connectivity index (χ4n) is 8.92. The number of nitrogens with one attached hydrogen (secondary N) is 3. The second-order valence-electron chi connectivity index (χ2n) is 17.7. The Morgan fingerprint density at radius 2 is 1.85 bits per heavy atom. The van der Waals surface area contributed by atoms with Gasteiger partial charge < -0.3 is 44.3 Å². The van der Waals surface area contributed by atoms with Crippen LogP contribution in [0.3, 0.4) is 0 Å². The van der Waals surface area contributed by atoms with E-state index in [-0.39, 0.29) is 54.1 Å². The molecule has 3 saturated carbocycles. The number of H-pyrrole nitrogens is 1. The first-order chi connectivity index (χ1) is 28.7. The lowest BCUT2D eigenvalue weighted by molar-refractivity contribution is -0.146. The number of rotatable bonds is 15. The number of hydrogen-bond acceptors (Lipinski definition) is 13. The van der Waals surface area contributed by atoms with E-state index in [1.54, 1.807) is 18.2 Å². The molecule has 60 heavy (non-hydrogen) atoms. The predicted molar refractivity (Wildman–Crippen MR) is 215 cm³/mol. The molecule has 8 rings (SSSR count). The van der Waals surface area contributed by atoms with E-state index in [1.165, 1.54) is 11.2 Å². The molecule has 2 saturated heterocycles. The zero-order valence-corrected chi connectivity index (χ0v) is 35.0. The summed E-state index contributed by atoms with van der Waals surface area (Å²) in [6, 6.07) is 2.90. The third-order valence-corrected chi connectivity index (χ3v) is 12.9. The maximum absolute atomic E-state index is 14.7. The van der Waals surface area contributed by atoms with E-state index < -0.39 is 53.0 Å². The van der Waals surface area contributed by atoms with E-state index in [0.29, 0.717) is 61.3 Å². The molecule has 19 heteroatoms. The van der Waals surface area contributed by atoms with Gasteiger partial charge in [0.25, 0.3) is 0 Å². The summed E-state index contributed by atoms with van der Waals surface area (Å²) in [7, 11) is 0. The normalized spacial score (nSPS) is 27.8. The van der Waals surface area contributed by atoms with E-state index in [4.69, 9.17) is 35.3 Å². The molecule has 3 aromatic rings. The van der Waals surface area contributed by atoms with E-state index in [9.17, 15) is 24.3 Å². The molecule has 0 bridgehead atoms. The van der Waals surface area contributed by atoms with E-state index in [0.717, 1.165) is 32.4 Å². The summed E-state index contributed by atoms with van der Waals surface area (Å²) in [4.78, 5) is 67.0. The number of fused-ring (bicyclic) bond motifs is 2. The molecule has 0 spiro atoms. The summed E-state index contributed by atoms with van der Waals surface area (Å²) in [6.07, 6.45) is 3.24. The molecule has 324 valence electrons. The van der Waals surface area contributed by atoms with Gasteiger partial charge in [-0.15, -0.1) is 0 Å². The lowest BCUT2D eigenvalue weighted by Crippen LogP contribution is -2.59. The van der Waals surface area contributed by atoms with Gasteiger partial charge in [0.2, 0.25) is 17.7 Å². The van der Waals surface area contributed by atoms with Gasteiger partial charge in [0, 0.05) is 37.5 Å². The van der Waals surface area contributed by atoms with Crippen LogP contribution in [0, 0.1) is 23.2 Å². The molecule has 8 atom stereocenters. The summed E-state index contributed by atoms with van der Waals surface area (Å²) >= 11 is 6.97. The largest absolute Gasteiger partial charge is 0.491 e. The van der Waals surface area contributed by atoms with Gasteiger partial charge in [-0.1, -0.05) is 45.7 Å². The molecular formula is C41H53ClN8O10. The van der Waals surface area contributed by atoms with Gasteiger partial charge in [-0.2, -0.15) is 10.1 Å². The second-order valence-corrected chi connectivity index (χ2v) is 18.1. The number of nitrogens with zero attached hydrogens (tertiary/aromatic N) is 5. The summed E-state index contributed by atoms with van der Waals surface area (Å²) < 4.78 is 29.9. The highest BCUT2D eigenvalue weighted by Gasteiger charge is 2.61. The molecule has 1 unspecified atom stereocenters. The van der Waals surface area contributed by atoms with Crippen LogP contribution < -0.4 is 24.8 Å². The lowest BCUT2D eigenvalue weighted by Gasteiger charge is -2.35. The van der Waals surface area contributed by atoms with Gasteiger partial charge in [0.05, 0.1) is 19.8 Å². The van der Waals surface area contributed by atoms with E-state index >= 15 is 0 Å². The minimum Gasteiger partial charge on any atom is -0.491 e. The maximum Gasteiger partial charge on any atom is 0.408 e. The number of aliphatic carboxylic acids is 1. The second kappa shape index (κ2) is 16.8. The molecule has 0 radical (unpaired) electrons. The number of amides is 3. The molecule has 4 heterocycles. The molecule has 1 aromatic carbocycles. The van der Waals surface area contributed by atoms with Crippen molar-refractivity contribution in [2.75, 3.05) is 46.0 Å². The van der Waals surface area contributed by atoms with Crippen LogP contribution in [0.25, 0.3) is 10.9 Å². The third kappa shape index (κ3) is 8.91. The summed E-state index contributed by atoms with van der Waals surface area (Å²) in [5, 5.41) is 23.0. The number of ether oxygens (including phenoxy) is 5. The van der Waals surface area contributed by atoms with Crippen molar-refractivity contribution in [3.63, 3.8) is 0 Å². The first-order valence-electron chi connectivity index (χ1n) is 20.8. The topological polar surface area (TPSA) is 220 Å². The summed E-state index contributed by atoms with van der Waals surface area (Å²) in [6.45, 7) is 11.3. The number of carboxylic acid groups (broad SMARTS) is 1. The zero-order valence-electron chi connectivity index (χ0n) is 34.3. The van der Waals surface area contributed by atoms with Gasteiger partial charge in [0.15, 0.2) is 0 Å². The van der Waals surface area contributed by atoms with Gasteiger partial charge in [0.1, 0.15) is 64.8 Å². The number of benzene rings is 1. The van der Waals surface area contributed by atoms with Crippen LogP contribution in [0.2, 0.25) is 5.02 Å². The number of hydrogen-bond donors (Lipinski definition) is 4. The molecule has 18 nitrogen and oxygen atoms in total. The number of morpholine rings is 1. The Balaban J connectivity index is 1.06. The Kier molecular flexibility index (Phi) is 11.7. The zero-order chi connectivity index (χ0) is 42.3. The summed E-state index contributed by atoms with van der Waals surface area (Å²) in [5.74, 6) is -0.575. The van der Waals surface area contributed by atoms with Crippen LogP contribution in [0.5, 0.6) is 23.4 Å². The van der Waals surface area contributed by atoms with Gasteiger partial charge in [-0.05, 0) is 61.0 Å². The lowest BCUT2D eigenvalue weighted by atomic mass is 9.85. The van der Waals surface area contributed by atoms with Crippen molar-refractivity contribution in [3.8, 4) is 23.4 Å². The van der Waals surface area contributed by atoms with Crippen molar-refractivity contribution in [1.82, 2.24) is 40.6 Å². The first-order valence-corrected chi connectivity index (χ1v) is 21.2. The molecule has 4 N–H and O–H groups in total. The quantitative estimate of drug-likeness (QED) is 0.169. The third-order valence-electron chi connectivity index (χ3n) is 12.5. The van der Waals surface area contributed by atoms with Crippen LogP contribution in [0.4, 0.5) is 4.79 Å². The highest BCUT2D eigenvalue weighted by molar-refractivity contribution is 6.36. The number of carbonyl (C=O) groups is 4. The Labute approximate surface area is 352 Å². The Hall–Kier alpha value is -4.94. The minimum atomic E-state index is -1.43. The summed E-state index contributed by atoms with van der Waals surface area (Å²) in [5.41, 5.74) is -1.92. The maximum atomic E-state index is 14.7. The van der Waals surface area contributed by atoms with Crippen molar-refractivity contribution < 1.29 is 48.0 Å². The number of aromatic nitrogens is 4. The van der Waals surface area contributed by atoms with E-state index in [2.05, 4.69) is 35.7 Å². The van der Waals surface area contributed by atoms with Crippen molar-refractivity contribution in [2.45, 2.75) is 96.1 Å². The molecule has 3 aliphatic carbocycles. The smallest absolute Gasteiger partial charge is 0.408 e. The van der Waals surface area contributed by atoms with Crippen LogP contribution in [-0.4, -0.2) is 135 Å². The fraction of sp³-hybridized carbons (Fsp3) is 0.634. The van der Waals surface area contributed by atoms with Crippen molar-refractivity contribution >= 4 is 46.4 Å². The number of likely N-dealkylation sites (tertiary alicyclic amines) is 1. The number of halogens is 1. The molecule has 2 aliphatic heterocycles. The average molecular weight is 853 g/mol. The number of carbonyl (C=O) groups excluding carboxylic acids is 3. The van der Waals surface area contributed by atoms with Gasteiger partial charge >= 0.3 is 18.1 Å². The van der Waals surface area contributed by atoms with Crippen LogP contribution in [-0.2, 0) is 23.9 Å². The highest BCUT2D eigenvalue weighted by atomic mass is 35.5. The number of carboxylic acids is 1. The van der Waals surface area contributed by atoms with Crippen molar-refractivity contribution in [3.05, 3.63) is 29.5 Å². The molecular weight excluding hydrogens is 800 g/mol. The van der Waals surface area contributed by atoms with Gasteiger partial charge in [-0.3, -0.25) is 14.5 Å². The standard InChI is InChI=1S/C41H53ClN8O10/c1-5-24-19-41(24,37(53)54)47-35(51)28-17-26(20-50(28)36(52)34(40(2,3)4)46-39(55)59-25-15-22-14-23(22)16-25)58-30-18-31(60-38-43-21-44-48-38)45-33-27(30)6-7-29(32(33)42)57-13-10-49-8-11-56-12-9-49/h6-7,18,21-26,28,34H,5,8-17,19-20H2,1-4H3,(H,46,55)(H,47,51)(H,53,54)(H,43,44,48)/t22-,23+,24-,25?,26-,28+,34-,41-/m1/s1. The van der Waals surface area contributed by atoms with Crippen molar-refractivity contribution in [2.24, 2.45) is 23.2 Å². The molecule has 5 aliphatic rings. The Morgan fingerprint density at radius 1 is 1.08 bits per heavy atom. The van der Waals surface area contributed by atoms with Gasteiger partial charge in [-0.25, -0.2) is 19.7 Å². The number of pyridine rings is 1. The minimum absolute atomic E-state index is 0.00873. The molecule has 3 amide bonds.